The Kier molecular flexibility index (Phi) is 28.3. The maximum Gasteiger partial charge on any atom is 0.174 e. The number of hydrogen-bond donors (Lipinski definition) is 1. The molecule has 9 heteroatoms. The van der Waals surface area contributed by atoms with E-state index in [9.17, 15) is 0 Å². The van der Waals surface area contributed by atoms with Crippen LogP contribution >= 0.6 is 0 Å². The molecule has 0 spiro atoms. The predicted molar refractivity (Wildman–Crippen MR) is 270 cm³/mol. The second kappa shape index (κ2) is 33.0. The molecule has 0 unspecified atom stereocenters. The van der Waals surface area contributed by atoms with Crippen molar-refractivity contribution >= 4 is 0 Å². The van der Waals surface area contributed by atoms with Crippen LogP contribution in [-0.2, 0) is 9.47 Å². The molecule has 360 valence electrons. The molecule has 0 atom stereocenters. The van der Waals surface area contributed by atoms with Crippen molar-refractivity contribution in [1.82, 2.24) is 0 Å². The van der Waals surface area contributed by atoms with Crippen molar-refractivity contribution in [2.75, 3.05) is 67.1 Å². The number of hydrogen-bond acceptors (Lipinski definition) is 9. The van der Waals surface area contributed by atoms with E-state index in [0.717, 1.165) is 54.1 Å². The first-order chi connectivity index (χ1) is 31.8. The van der Waals surface area contributed by atoms with Gasteiger partial charge in [-0.2, -0.15) is 5.26 Å². The monoisotopic (exact) mass is 906 g/mol. The van der Waals surface area contributed by atoms with Crippen molar-refractivity contribution in [1.29, 1.82) is 5.26 Å². The van der Waals surface area contributed by atoms with Crippen LogP contribution in [0.25, 0.3) is 0 Å². The smallest absolute Gasteiger partial charge is 0.174 e. The van der Waals surface area contributed by atoms with Crippen LogP contribution < -0.4 is 23.7 Å². The van der Waals surface area contributed by atoms with Crippen LogP contribution in [0.15, 0.2) is 121 Å². The number of aliphatic hydroxyl groups excluding tert-OH is 1. The molecular formula is C57H79NO8. The zero-order valence-electron chi connectivity index (χ0n) is 41.9. The molecule has 0 amide bonds. The zero-order chi connectivity index (χ0) is 48.7. The minimum Gasteiger partial charge on any atom is -0.496 e. The number of nitrogens with zero attached hydrogens (tertiary/aromatic N) is 1. The van der Waals surface area contributed by atoms with E-state index in [2.05, 4.69) is 106 Å². The molecule has 1 aliphatic heterocycles. The van der Waals surface area contributed by atoms with Crippen LogP contribution in [0.4, 0.5) is 0 Å². The number of para-hydroxylation sites is 5. The molecular weight excluding hydrogens is 827 g/mol. The zero-order valence-corrected chi connectivity index (χ0v) is 41.9. The number of nitriles is 1. The highest BCUT2D eigenvalue weighted by Gasteiger charge is 2.19. The summed E-state index contributed by atoms with van der Waals surface area (Å²) in [4.78, 5) is 0. The van der Waals surface area contributed by atoms with Crippen LogP contribution in [0.1, 0.15) is 127 Å². The number of aliphatic hydroxyl groups is 1. The van der Waals surface area contributed by atoms with Gasteiger partial charge in [0.2, 0.25) is 0 Å². The lowest BCUT2D eigenvalue weighted by atomic mass is 10.0. The molecule has 1 heterocycles. The fraction of sp³-hybridized carbons (Fsp3) is 0.456. The first-order valence-electron chi connectivity index (χ1n) is 23.3. The summed E-state index contributed by atoms with van der Waals surface area (Å²) in [6.45, 7) is 25.8. The fourth-order valence-corrected chi connectivity index (χ4v) is 6.59. The largest absolute Gasteiger partial charge is 0.496 e. The Balaban J connectivity index is 0.000000284. The molecule has 1 fully saturated rings. The minimum atomic E-state index is 0.0619. The molecule has 6 rings (SSSR count). The highest BCUT2D eigenvalue weighted by molar-refractivity contribution is 5.38. The van der Waals surface area contributed by atoms with E-state index in [4.69, 9.17) is 43.5 Å². The standard InChI is InChI=1S/C13H18O2.C12H18O2.C11H13NO.C11H16O2.C10H14O/c1-10(2)12-5-3-4-6-13(12)15-9-11-7-14-8-11;1-10(2)11-6-4-5-7-12(11)14-9-8-13-3;2*1-9(2)10-5-3-4-6-11(10)13-8-7-12;1-8(2)9-6-4-5-7-10(9)11-3/h3-6,10-11H,7-9H2,1-2H3;4-7,10H,8-9H2,1-3H3;3-6,9H,8H2,1-2H3;3-6,9,12H,7-8H2,1-2H3;4-8H,1-3H3. The van der Waals surface area contributed by atoms with Gasteiger partial charge in [-0.05, 0) is 87.7 Å². The average molecular weight is 906 g/mol. The van der Waals surface area contributed by atoms with Crippen LogP contribution in [0.5, 0.6) is 28.7 Å². The van der Waals surface area contributed by atoms with Gasteiger partial charge in [0.15, 0.2) is 6.61 Å². The number of methoxy groups -OCH3 is 2. The van der Waals surface area contributed by atoms with Crippen molar-refractivity contribution in [3.05, 3.63) is 149 Å². The van der Waals surface area contributed by atoms with E-state index < -0.39 is 0 Å². The van der Waals surface area contributed by atoms with Crippen LogP contribution in [0.3, 0.4) is 0 Å². The molecule has 1 saturated heterocycles. The lowest BCUT2D eigenvalue weighted by Gasteiger charge is -2.26. The first-order valence-corrected chi connectivity index (χ1v) is 23.3. The number of benzene rings is 5. The molecule has 0 radical (unpaired) electrons. The molecule has 0 aliphatic carbocycles. The van der Waals surface area contributed by atoms with Gasteiger partial charge in [-0.25, -0.2) is 0 Å². The van der Waals surface area contributed by atoms with Crippen LogP contribution in [-0.4, -0.2) is 72.2 Å². The summed E-state index contributed by atoms with van der Waals surface area (Å²) in [5.74, 6) is 7.70. The predicted octanol–water partition coefficient (Wildman–Crippen LogP) is 13.4. The average Bonchev–Trinajstić information content (AvgIpc) is 3.31. The van der Waals surface area contributed by atoms with Crippen molar-refractivity contribution in [3.63, 3.8) is 0 Å². The molecule has 66 heavy (non-hydrogen) atoms. The SMILES string of the molecule is CC(C)c1ccccc1OCC#N.CC(C)c1ccccc1OCC1COC1.CC(C)c1ccccc1OCCO.COCCOc1ccccc1C(C)C.COc1ccccc1C(C)C. The van der Waals surface area contributed by atoms with E-state index in [-0.39, 0.29) is 13.2 Å². The van der Waals surface area contributed by atoms with Gasteiger partial charge in [-0.1, -0.05) is 160 Å². The maximum absolute atomic E-state index is 8.63. The van der Waals surface area contributed by atoms with Gasteiger partial charge in [0.25, 0.3) is 0 Å². The van der Waals surface area contributed by atoms with Crippen molar-refractivity contribution in [2.24, 2.45) is 5.92 Å². The Labute approximate surface area is 398 Å². The van der Waals surface area contributed by atoms with Crippen molar-refractivity contribution < 1.29 is 38.3 Å². The number of rotatable bonds is 18. The van der Waals surface area contributed by atoms with E-state index in [1.165, 1.54) is 22.3 Å². The summed E-state index contributed by atoms with van der Waals surface area (Å²) in [6.07, 6.45) is 0. The molecule has 5 aromatic rings. The highest BCUT2D eigenvalue weighted by atomic mass is 16.5. The lowest BCUT2D eigenvalue weighted by Crippen LogP contribution is -2.32. The van der Waals surface area contributed by atoms with Gasteiger partial charge in [-0.3, -0.25) is 0 Å². The molecule has 0 saturated carbocycles. The fourth-order valence-electron chi connectivity index (χ4n) is 6.59. The summed E-state index contributed by atoms with van der Waals surface area (Å²) >= 11 is 0. The summed E-state index contributed by atoms with van der Waals surface area (Å²) in [7, 11) is 3.39. The Morgan fingerprint density at radius 1 is 0.485 bits per heavy atom. The molecule has 1 aliphatic rings. The third-order valence-corrected chi connectivity index (χ3v) is 10.3. The second-order valence-corrected chi connectivity index (χ2v) is 17.2. The molecule has 0 aromatic heterocycles. The van der Waals surface area contributed by atoms with Gasteiger partial charge in [-0.15, -0.1) is 0 Å². The third kappa shape index (κ3) is 21.2. The van der Waals surface area contributed by atoms with E-state index in [0.29, 0.717) is 55.3 Å². The van der Waals surface area contributed by atoms with Gasteiger partial charge in [0.05, 0.1) is 40.1 Å². The Morgan fingerprint density at radius 3 is 1.12 bits per heavy atom. The Hall–Kier alpha value is -5.53. The van der Waals surface area contributed by atoms with Gasteiger partial charge >= 0.3 is 0 Å². The lowest BCUT2D eigenvalue weighted by molar-refractivity contribution is -0.0509. The molecule has 5 aromatic carbocycles. The van der Waals surface area contributed by atoms with Crippen molar-refractivity contribution in [3.8, 4) is 34.8 Å². The topological polar surface area (TPSA) is 109 Å². The van der Waals surface area contributed by atoms with Gasteiger partial charge in [0.1, 0.15) is 48.0 Å². The van der Waals surface area contributed by atoms with E-state index in [1.807, 2.05) is 91.0 Å². The van der Waals surface area contributed by atoms with Crippen molar-refractivity contribution in [2.45, 2.75) is 98.8 Å². The van der Waals surface area contributed by atoms with Gasteiger partial charge in [0, 0.05) is 13.0 Å². The quantitative estimate of drug-likeness (QED) is 0.0860. The van der Waals surface area contributed by atoms with Crippen LogP contribution in [0.2, 0.25) is 0 Å². The van der Waals surface area contributed by atoms with Gasteiger partial charge < -0.3 is 38.3 Å². The third-order valence-electron chi connectivity index (χ3n) is 10.3. The summed E-state index contributed by atoms with van der Waals surface area (Å²) in [5.41, 5.74) is 6.16. The summed E-state index contributed by atoms with van der Waals surface area (Å²) in [6, 6.07) is 42.3. The van der Waals surface area contributed by atoms with Crippen LogP contribution in [0, 0.1) is 17.2 Å². The second-order valence-electron chi connectivity index (χ2n) is 17.2. The molecule has 0 bridgehead atoms. The Bertz CT molecular complexity index is 2070. The molecule has 9 nitrogen and oxygen atoms in total. The van der Waals surface area contributed by atoms with E-state index in [1.54, 1.807) is 14.2 Å². The highest BCUT2D eigenvalue weighted by Crippen LogP contribution is 2.29. The molecule has 1 N–H and O–H groups in total. The summed E-state index contributed by atoms with van der Waals surface area (Å²) < 4.78 is 37.4. The first kappa shape index (κ1) is 56.6. The normalized spacial score (nSPS) is 11.7. The van der Waals surface area contributed by atoms with E-state index >= 15 is 0 Å². The summed E-state index contributed by atoms with van der Waals surface area (Å²) in [5, 5.41) is 17.0. The maximum atomic E-state index is 8.63. The minimum absolute atomic E-state index is 0.0619. The Morgan fingerprint density at radius 2 is 0.818 bits per heavy atom. The number of ether oxygens (including phenoxy) is 7.